The second kappa shape index (κ2) is 15.3. The molecule has 4 aromatic rings. The summed E-state index contributed by atoms with van der Waals surface area (Å²) in [5.74, 6) is 0. The first-order chi connectivity index (χ1) is 13.4. The second-order valence-electron chi connectivity index (χ2n) is 7.36. The van der Waals surface area contributed by atoms with Crippen molar-refractivity contribution < 1.29 is 57.0 Å². The fraction of sp³-hybridized carbons (Fsp3) is 0.217. The Morgan fingerprint density at radius 1 is 0.833 bits per heavy atom. The van der Waals surface area contributed by atoms with Gasteiger partial charge in [-0.05, 0) is 0 Å². The Hall–Kier alpha value is -0.523. The summed E-state index contributed by atoms with van der Waals surface area (Å²) in [6, 6.07) is 29.3. The van der Waals surface area contributed by atoms with Crippen LogP contribution in [0.25, 0.3) is 21.5 Å². The normalized spacial score (nSPS) is 10.1. The van der Waals surface area contributed by atoms with Gasteiger partial charge in [0.1, 0.15) is 0 Å². The van der Waals surface area contributed by atoms with Gasteiger partial charge in [-0.2, -0.15) is 18.2 Å². The average Bonchev–Trinajstić information content (AvgIpc) is 3.32. The summed E-state index contributed by atoms with van der Waals surface area (Å²) in [6.45, 7) is 9.17. The molecule has 0 atom stereocenters. The van der Waals surface area contributed by atoms with Gasteiger partial charge in [0.25, 0.3) is 0 Å². The van der Waals surface area contributed by atoms with Crippen molar-refractivity contribution in [2.24, 2.45) is 0 Å². The molecule has 4 aromatic carbocycles. The van der Waals surface area contributed by atoms with Crippen LogP contribution in [-0.2, 0) is 32.2 Å². The summed E-state index contributed by atoms with van der Waals surface area (Å²) in [5, 5.41) is 5.39. The molecule has 0 bridgehead atoms. The summed E-state index contributed by atoms with van der Waals surface area (Å²) in [4.78, 5) is 0. The van der Waals surface area contributed by atoms with E-state index in [0.717, 1.165) is 0 Å². The van der Waals surface area contributed by atoms with E-state index in [-0.39, 0.29) is 24.8 Å². The van der Waals surface area contributed by atoms with Gasteiger partial charge in [0, 0.05) is 0 Å². The Morgan fingerprint density at radius 2 is 1.30 bits per heavy atom. The average molecular weight is 555 g/mol. The minimum Gasteiger partial charge on any atom is -1.00 e. The minimum absolute atomic E-state index is 0. The molecule has 160 valence electrons. The molecule has 4 rings (SSSR count). The standard InChI is InChI=1S/C13H9.C5H14O2Si2.C5H5.2ClH.Zr/c1-3-7-12-10(5-1)9-11-6-2-4-8-13(11)12;1-8-6-5-7-9(2,3)4;1-2-4-5-3-1;;;/h1-9H;5H2,1-4H3;1-5H;2*1H;/q-1;;-1;;;+2/p-2. The van der Waals surface area contributed by atoms with Gasteiger partial charge in [-0.1, -0.05) is 36.4 Å². The third kappa shape index (κ3) is 11.2. The van der Waals surface area contributed by atoms with E-state index in [1.54, 1.807) is 0 Å². The van der Waals surface area contributed by atoms with Crippen LogP contribution in [0, 0.1) is 0 Å². The smallest absolute Gasteiger partial charge is 0.0771 e. The Kier molecular flexibility index (Phi) is 15.0. The fourth-order valence-electron chi connectivity index (χ4n) is 2.52. The number of halogens is 2. The zero-order chi connectivity index (χ0) is 20.4. The molecule has 0 radical (unpaired) electrons. The van der Waals surface area contributed by atoms with E-state index in [0.29, 0.717) is 6.79 Å². The predicted octanol–water partition coefficient (Wildman–Crippen LogP) is 0.602. The van der Waals surface area contributed by atoms with Crippen LogP contribution in [-0.4, -0.2) is 20.8 Å². The van der Waals surface area contributed by atoms with Gasteiger partial charge in [-0.25, -0.2) is 12.1 Å². The van der Waals surface area contributed by atoms with Crippen LogP contribution in [0.1, 0.15) is 0 Å². The van der Waals surface area contributed by atoms with Crippen molar-refractivity contribution in [3.05, 3.63) is 84.9 Å². The van der Waals surface area contributed by atoms with Crippen molar-refractivity contribution in [2.75, 3.05) is 6.79 Å². The third-order valence-corrected chi connectivity index (χ3v) is 6.44. The molecule has 0 fully saturated rings. The van der Waals surface area contributed by atoms with Gasteiger partial charge in [0.05, 0.1) is 0 Å². The maximum Gasteiger partial charge on any atom is -0.0771 e. The van der Waals surface area contributed by atoms with Crippen molar-refractivity contribution in [2.45, 2.75) is 26.2 Å². The largest absolute Gasteiger partial charge is 1.00 e. The van der Waals surface area contributed by atoms with Crippen LogP contribution in [0.15, 0.2) is 84.9 Å². The van der Waals surface area contributed by atoms with E-state index in [2.05, 4.69) is 80.8 Å². The van der Waals surface area contributed by atoms with Crippen molar-refractivity contribution >= 4 is 35.5 Å². The molecule has 0 N–H and O–H groups in total. The van der Waals surface area contributed by atoms with Crippen molar-refractivity contribution in [3.63, 3.8) is 0 Å². The summed E-state index contributed by atoms with van der Waals surface area (Å²) >= 11 is 1.51. The number of hydrogen-bond acceptors (Lipinski definition) is 2. The van der Waals surface area contributed by atoms with E-state index in [9.17, 15) is 0 Å². The fourth-order valence-corrected chi connectivity index (χ4v) is 3.72. The van der Waals surface area contributed by atoms with E-state index >= 15 is 0 Å². The van der Waals surface area contributed by atoms with Gasteiger partial charge in [0.15, 0.2) is 0 Å². The summed E-state index contributed by atoms with van der Waals surface area (Å²) in [6.07, 6.45) is 0. The van der Waals surface area contributed by atoms with E-state index in [4.69, 9.17) is 8.85 Å². The molecule has 7 heteroatoms. The van der Waals surface area contributed by atoms with Gasteiger partial charge in [0.2, 0.25) is 0 Å². The second-order valence-corrected chi connectivity index (χ2v) is 18.5. The van der Waals surface area contributed by atoms with Crippen LogP contribution in [0.5, 0.6) is 0 Å². The van der Waals surface area contributed by atoms with Gasteiger partial charge in [-0.15, -0.1) is 39.7 Å². The number of rotatable bonds is 4. The monoisotopic (exact) mass is 552 g/mol. The molecule has 0 amide bonds. The van der Waals surface area contributed by atoms with Crippen LogP contribution in [0.2, 0.25) is 26.2 Å². The molecule has 0 heterocycles. The molecule has 30 heavy (non-hydrogen) atoms. The molecule has 0 aliphatic rings. The van der Waals surface area contributed by atoms with Gasteiger partial charge in [-0.3, -0.25) is 0 Å². The Bertz CT molecular complexity index is 912. The van der Waals surface area contributed by atoms with Crippen LogP contribution in [0.4, 0.5) is 0 Å². The summed E-state index contributed by atoms with van der Waals surface area (Å²) in [7, 11) is -1.32. The maximum absolute atomic E-state index is 5.50. The summed E-state index contributed by atoms with van der Waals surface area (Å²) < 4.78 is 10.9. The van der Waals surface area contributed by atoms with Crippen molar-refractivity contribution in [3.8, 4) is 0 Å². The first-order valence-electron chi connectivity index (χ1n) is 9.38. The molecule has 0 unspecified atom stereocenters. The molecule has 0 aliphatic heterocycles. The minimum atomic E-state index is -1.32. The molecule has 0 aromatic heterocycles. The zero-order valence-corrected chi connectivity index (χ0v) is 23.8. The van der Waals surface area contributed by atoms with E-state index < -0.39 is 14.0 Å². The Labute approximate surface area is 209 Å². The molecule has 0 saturated carbocycles. The van der Waals surface area contributed by atoms with E-state index in [1.807, 2.05) is 30.3 Å². The third-order valence-electron chi connectivity index (χ3n) is 3.85. The number of benzene rings is 2. The predicted molar refractivity (Wildman–Crippen MR) is 121 cm³/mol. The van der Waals surface area contributed by atoms with Gasteiger partial charge < -0.3 is 24.8 Å². The van der Waals surface area contributed by atoms with Crippen LogP contribution in [0.3, 0.4) is 0 Å². The first-order valence-corrected chi connectivity index (χ1v) is 18.4. The maximum atomic E-state index is 5.50. The summed E-state index contributed by atoms with van der Waals surface area (Å²) in [5.41, 5.74) is -0.470. The molecular weight excluding hydrogens is 527 g/mol. The van der Waals surface area contributed by atoms with Crippen molar-refractivity contribution in [1.29, 1.82) is 0 Å². The Balaban J connectivity index is 0.000000444. The van der Waals surface area contributed by atoms with Crippen LogP contribution < -0.4 is 24.8 Å². The van der Waals surface area contributed by atoms with Crippen LogP contribution >= 0.6 is 0 Å². The topological polar surface area (TPSA) is 18.5 Å². The first kappa shape index (κ1) is 29.5. The molecule has 0 spiro atoms. The Morgan fingerprint density at radius 3 is 1.67 bits per heavy atom. The quantitative estimate of drug-likeness (QED) is 0.209. The van der Waals surface area contributed by atoms with Gasteiger partial charge >= 0.3 is 79.2 Å². The molecule has 2 nitrogen and oxygen atoms in total. The molecule has 0 aliphatic carbocycles. The van der Waals surface area contributed by atoms with E-state index in [1.165, 1.54) is 44.9 Å². The number of fused-ring (bicyclic) bond motifs is 3. The van der Waals surface area contributed by atoms with Crippen molar-refractivity contribution in [1.82, 2.24) is 0 Å². The zero-order valence-electron chi connectivity index (χ0n) is 17.9. The molecule has 0 saturated heterocycles. The number of hydrogen-bond donors (Lipinski definition) is 0. The SMILES string of the molecule is C[Si](=[Zr+2])OCO[Si](C)(C)C.[Cl-].[Cl-].c1cc[cH-]c1.c1ccc2c(c1)[cH-]c1ccccc12. The molecular formula is C23H28Cl2O2Si2Zr-2.